The predicted molar refractivity (Wildman–Crippen MR) is 71.7 cm³/mol. The number of thioether (sulfide) groups is 1. The van der Waals surface area contributed by atoms with E-state index >= 15 is 0 Å². The third-order valence-corrected chi connectivity index (χ3v) is 4.06. The average Bonchev–Trinajstić information content (AvgIpc) is 2.92. The number of hydrogen-bond acceptors (Lipinski definition) is 3. The first kappa shape index (κ1) is 14.3. The molecule has 0 saturated carbocycles. The molecule has 1 aliphatic heterocycles. The molecule has 3 nitrogen and oxygen atoms in total. The highest BCUT2D eigenvalue weighted by Gasteiger charge is 2.27. The molecule has 104 valence electrons. The predicted octanol–water partition coefficient (Wildman–Crippen LogP) is 1.98. The Kier molecular flexibility index (Phi) is 4.76. The fourth-order valence-corrected chi connectivity index (χ4v) is 2.93. The zero-order valence-corrected chi connectivity index (χ0v) is 11.5. The standard InChI is InChI=1S/C13H16F2N2OS/c1-2-17(13(18)12-7-19-8-16-12)6-9-10(14)4-3-5-11(9)15/h3-5,12,16H,2,6-8H2,1H3. The summed E-state index contributed by atoms with van der Waals surface area (Å²) in [7, 11) is 0. The van der Waals surface area contributed by atoms with Crippen molar-refractivity contribution in [3.05, 3.63) is 35.4 Å². The van der Waals surface area contributed by atoms with Crippen LogP contribution in [0.3, 0.4) is 0 Å². The quantitative estimate of drug-likeness (QED) is 0.918. The topological polar surface area (TPSA) is 32.3 Å². The zero-order chi connectivity index (χ0) is 13.8. The summed E-state index contributed by atoms with van der Waals surface area (Å²) in [6.07, 6.45) is 0. The summed E-state index contributed by atoms with van der Waals surface area (Å²) in [5.74, 6) is 0.118. The highest BCUT2D eigenvalue weighted by atomic mass is 32.2. The molecule has 0 aromatic heterocycles. The Bertz CT molecular complexity index is 444. The van der Waals surface area contributed by atoms with Crippen molar-refractivity contribution in [2.75, 3.05) is 18.2 Å². The van der Waals surface area contributed by atoms with Crippen LogP contribution in [0.15, 0.2) is 18.2 Å². The number of nitrogens with zero attached hydrogens (tertiary/aromatic N) is 1. The molecule has 1 aromatic carbocycles. The molecular formula is C13H16F2N2OS. The van der Waals surface area contributed by atoms with E-state index in [1.807, 2.05) is 0 Å². The Balaban J connectivity index is 2.12. The van der Waals surface area contributed by atoms with Crippen molar-refractivity contribution in [2.45, 2.75) is 19.5 Å². The molecule has 19 heavy (non-hydrogen) atoms. The van der Waals surface area contributed by atoms with Gasteiger partial charge < -0.3 is 4.90 Å². The number of carbonyl (C=O) groups is 1. The van der Waals surface area contributed by atoms with Gasteiger partial charge in [0, 0.05) is 23.7 Å². The van der Waals surface area contributed by atoms with Crippen LogP contribution in [0, 0.1) is 11.6 Å². The second-order valence-electron chi connectivity index (χ2n) is 4.32. The maximum Gasteiger partial charge on any atom is 0.240 e. The van der Waals surface area contributed by atoms with E-state index in [9.17, 15) is 13.6 Å². The SMILES string of the molecule is CCN(Cc1c(F)cccc1F)C(=O)C1CSCN1. The van der Waals surface area contributed by atoms with Crippen LogP contribution in [0.25, 0.3) is 0 Å². The highest BCUT2D eigenvalue weighted by Crippen LogP contribution is 2.17. The third kappa shape index (κ3) is 3.25. The van der Waals surface area contributed by atoms with Crippen molar-refractivity contribution in [2.24, 2.45) is 0 Å². The largest absolute Gasteiger partial charge is 0.337 e. The molecule has 2 rings (SSSR count). The minimum atomic E-state index is -0.611. The summed E-state index contributed by atoms with van der Waals surface area (Å²) in [6.45, 7) is 2.20. The lowest BCUT2D eigenvalue weighted by Gasteiger charge is -2.24. The number of nitrogens with one attached hydrogen (secondary N) is 1. The van der Waals surface area contributed by atoms with E-state index in [-0.39, 0.29) is 24.1 Å². The van der Waals surface area contributed by atoms with Crippen molar-refractivity contribution in [1.82, 2.24) is 10.2 Å². The fraction of sp³-hybridized carbons (Fsp3) is 0.462. The van der Waals surface area contributed by atoms with Crippen molar-refractivity contribution in [3.8, 4) is 0 Å². The molecule has 1 aromatic rings. The van der Waals surface area contributed by atoms with Crippen LogP contribution in [-0.4, -0.2) is 35.0 Å². The molecule has 1 N–H and O–H groups in total. The van der Waals surface area contributed by atoms with Gasteiger partial charge in [-0.15, -0.1) is 11.8 Å². The first-order valence-electron chi connectivity index (χ1n) is 6.16. The van der Waals surface area contributed by atoms with Crippen LogP contribution in [0.5, 0.6) is 0 Å². The number of carbonyl (C=O) groups excluding carboxylic acids is 1. The maximum atomic E-state index is 13.6. The van der Waals surface area contributed by atoms with Crippen molar-refractivity contribution < 1.29 is 13.6 Å². The lowest BCUT2D eigenvalue weighted by Crippen LogP contribution is -2.44. The van der Waals surface area contributed by atoms with E-state index < -0.39 is 11.6 Å². The smallest absolute Gasteiger partial charge is 0.240 e. The van der Waals surface area contributed by atoms with E-state index in [2.05, 4.69) is 5.32 Å². The Hall–Kier alpha value is -1.14. The Morgan fingerprint density at radius 3 is 2.68 bits per heavy atom. The first-order valence-corrected chi connectivity index (χ1v) is 7.31. The molecule has 0 spiro atoms. The Morgan fingerprint density at radius 2 is 2.16 bits per heavy atom. The van der Waals surface area contributed by atoms with Crippen LogP contribution >= 0.6 is 11.8 Å². The van der Waals surface area contributed by atoms with Crippen molar-refractivity contribution in [3.63, 3.8) is 0 Å². The molecule has 1 heterocycles. The molecular weight excluding hydrogens is 270 g/mol. The Morgan fingerprint density at radius 1 is 1.47 bits per heavy atom. The van der Waals surface area contributed by atoms with Gasteiger partial charge >= 0.3 is 0 Å². The molecule has 6 heteroatoms. The zero-order valence-electron chi connectivity index (χ0n) is 10.7. The van der Waals surface area contributed by atoms with E-state index in [4.69, 9.17) is 0 Å². The molecule has 0 bridgehead atoms. The molecule has 1 amide bonds. The minimum Gasteiger partial charge on any atom is -0.337 e. The molecule has 1 unspecified atom stereocenters. The Labute approximate surface area is 115 Å². The van der Waals surface area contributed by atoms with Gasteiger partial charge in [-0.2, -0.15) is 0 Å². The summed E-state index contributed by atoms with van der Waals surface area (Å²) < 4.78 is 27.2. The van der Waals surface area contributed by atoms with Gasteiger partial charge in [0.25, 0.3) is 0 Å². The molecule has 1 saturated heterocycles. The number of benzene rings is 1. The summed E-state index contributed by atoms with van der Waals surface area (Å²) in [4.78, 5) is 13.7. The van der Waals surface area contributed by atoms with E-state index in [0.717, 1.165) is 5.88 Å². The van der Waals surface area contributed by atoms with Gasteiger partial charge in [0.2, 0.25) is 5.91 Å². The van der Waals surface area contributed by atoms with Gasteiger partial charge in [-0.3, -0.25) is 10.1 Å². The summed E-state index contributed by atoms with van der Waals surface area (Å²) in [5, 5.41) is 3.07. The fourth-order valence-electron chi connectivity index (χ4n) is 1.99. The van der Waals surface area contributed by atoms with Gasteiger partial charge in [-0.1, -0.05) is 6.07 Å². The van der Waals surface area contributed by atoms with Crippen molar-refractivity contribution >= 4 is 17.7 Å². The highest BCUT2D eigenvalue weighted by molar-refractivity contribution is 7.99. The number of halogens is 2. The average molecular weight is 286 g/mol. The summed E-state index contributed by atoms with van der Waals surface area (Å²) >= 11 is 1.64. The van der Waals surface area contributed by atoms with Gasteiger partial charge in [-0.05, 0) is 19.1 Å². The molecule has 1 aliphatic rings. The number of rotatable bonds is 4. The maximum absolute atomic E-state index is 13.6. The summed E-state index contributed by atoms with van der Waals surface area (Å²) in [6, 6.07) is 3.49. The number of amides is 1. The first-order chi connectivity index (χ1) is 9.13. The molecule has 1 fully saturated rings. The van der Waals surface area contributed by atoms with Gasteiger partial charge in [0.15, 0.2) is 0 Å². The van der Waals surface area contributed by atoms with Crippen LogP contribution in [0.4, 0.5) is 8.78 Å². The number of likely N-dealkylation sites (N-methyl/N-ethyl adjacent to an activating group) is 1. The van der Waals surface area contributed by atoms with Crippen molar-refractivity contribution in [1.29, 1.82) is 0 Å². The lowest BCUT2D eigenvalue weighted by molar-refractivity contribution is -0.133. The second kappa shape index (κ2) is 6.34. The molecule has 0 aliphatic carbocycles. The second-order valence-corrected chi connectivity index (χ2v) is 5.35. The third-order valence-electron chi connectivity index (χ3n) is 3.12. The molecule has 1 atom stereocenters. The van der Waals surface area contributed by atoms with E-state index in [0.29, 0.717) is 12.3 Å². The van der Waals surface area contributed by atoms with Gasteiger partial charge in [0.1, 0.15) is 11.6 Å². The van der Waals surface area contributed by atoms with Crippen LogP contribution in [-0.2, 0) is 11.3 Å². The van der Waals surface area contributed by atoms with E-state index in [1.54, 1.807) is 18.7 Å². The normalized spacial score (nSPS) is 18.6. The monoisotopic (exact) mass is 286 g/mol. The van der Waals surface area contributed by atoms with Crippen LogP contribution < -0.4 is 5.32 Å². The van der Waals surface area contributed by atoms with Gasteiger partial charge in [0.05, 0.1) is 12.6 Å². The van der Waals surface area contributed by atoms with Crippen LogP contribution in [0.1, 0.15) is 12.5 Å². The minimum absolute atomic E-state index is 0.0311. The van der Waals surface area contributed by atoms with Gasteiger partial charge in [-0.25, -0.2) is 8.78 Å². The lowest BCUT2D eigenvalue weighted by atomic mass is 10.1. The number of hydrogen-bond donors (Lipinski definition) is 1. The summed E-state index contributed by atoms with van der Waals surface area (Å²) in [5.41, 5.74) is -0.0525. The van der Waals surface area contributed by atoms with Crippen LogP contribution in [0.2, 0.25) is 0 Å². The molecule has 0 radical (unpaired) electrons. The van der Waals surface area contributed by atoms with E-state index in [1.165, 1.54) is 23.1 Å².